The third-order valence-electron chi connectivity index (χ3n) is 5.20. The minimum Gasteiger partial charge on any atom is -0.493 e. The van der Waals surface area contributed by atoms with Crippen LogP contribution in [0, 0.1) is 0 Å². The van der Waals surface area contributed by atoms with Gasteiger partial charge in [-0.2, -0.15) is 0 Å². The molecule has 26 heavy (non-hydrogen) atoms. The van der Waals surface area contributed by atoms with Gasteiger partial charge < -0.3 is 4.74 Å². The van der Waals surface area contributed by atoms with Gasteiger partial charge in [0.2, 0.25) is 10.0 Å². The normalized spacial score (nSPS) is 12.6. The molecule has 1 N–H and O–H groups in total. The predicted octanol–water partition coefficient (Wildman–Crippen LogP) is 5.02. The highest BCUT2D eigenvalue weighted by Gasteiger charge is 2.26. The van der Waals surface area contributed by atoms with Crippen molar-refractivity contribution in [1.29, 1.82) is 0 Å². The zero-order valence-electron chi connectivity index (χ0n) is 16.9. The molecular weight excluding hydrogens is 346 g/mol. The molecule has 4 nitrogen and oxygen atoms in total. The van der Waals surface area contributed by atoms with E-state index in [4.69, 9.17) is 4.74 Å². The molecule has 1 aromatic rings. The van der Waals surface area contributed by atoms with E-state index in [1.54, 1.807) is 0 Å². The molecule has 0 aliphatic carbocycles. The standard InChI is InChI=1S/C20H35NO3S.CH4/c1-8-19(3,4)16-11-12-18(17(15-16)20(5,6)9-2)24-14-10-13-21-25(7,22)23;/h11-12,15,21H,8-10,13-14H2,1-7H3;1H4. The molecule has 0 amide bonds. The summed E-state index contributed by atoms with van der Waals surface area (Å²) in [5, 5.41) is 0. The number of benzene rings is 1. The molecular formula is C21H39NO3S. The van der Waals surface area contributed by atoms with E-state index in [0.29, 0.717) is 19.6 Å². The van der Waals surface area contributed by atoms with Crippen molar-refractivity contribution < 1.29 is 13.2 Å². The molecule has 0 fully saturated rings. The fourth-order valence-electron chi connectivity index (χ4n) is 2.51. The Bertz CT molecular complexity index is 664. The molecule has 0 radical (unpaired) electrons. The van der Waals surface area contributed by atoms with Crippen LogP contribution in [0.4, 0.5) is 0 Å². The number of hydrogen-bond donors (Lipinski definition) is 1. The minimum atomic E-state index is -3.14. The van der Waals surface area contributed by atoms with Crippen LogP contribution in [0.3, 0.4) is 0 Å². The number of sulfonamides is 1. The number of nitrogens with one attached hydrogen (secondary N) is 1. The maximum atomic E-state index is 11.1. The van der Waals surface area contributed by atoms with Crippen LogP contribution in [0.5, 0.6) is 5.75 Å². The van der Waals surface area contributed by atoms with Crippen molar-refractivity contribution in [3.63, 3.8) is 0 Å². The van der Waals surface area contributed by atoms with Gasteiger partial charge in [0, 0.05) is 12.1 Å². The highest BCUT2D eigenvalue weighted by molar-refractivity contribution is 7.88. The second kappa shape index (κ2) is 9.75. The van der Waals surface area contributed by atoms with E-state index < -0.39 is 10.0 Å². The molecule has 0 unspecified atom stereocenters. The van der Waals surface area contributed by atoms with Gasteiger partial charge in [-0.3, -0.25) is 0 Å². The summed E-state index contributed by atoms with van der Waals surface area (Å²) in [5.41, 5.74) is 2.72. The first-order valence-corrected chi connectivity index (χ1v) is 11.0. The summed E-state index contributed by atoms with van der Waals surface area (Å²) < 4.78 is 30.7. The van der Waals surface area contributed by atoms with Crippen molar-refractivity contribution in [2.75, 3.05) is 19.4 Å². The molecule has 0 aromatic heterocycles. The van der Waals surface area contributed by atoms with Crippen LogP contribution < -0.4 is 9.46 Å². The van der Waals surface area contributed by atoms with E-state index in [9.17, 15) is 8.42 Å². The molecule has 0 saturated heterocycles. The molecule has 0 heterocycles. The lowest BCUT2D eigenvalue weighted by molar-refractivity contribution is 0.300. The lowest BCUT2D eigenvalue weighted by Crippen LogP contribution is -2.24. The van der Waals surface area contributed by atoms with E-state index in [1.807, 2.05) is 0 Å². The molecule has 0 atom stereocenters. The fraction of sp³-hybridized carbons (Fsp3) is 0.714. The Morgan fingerprint density at radius 3 is 2.12 bits per heavy atom. The fourth-order valence-corrected chi connectivity index (χ4v) is 3.03. The van der Waals surface area contributed by atoms with Gasteiger partial charge in [0.25, 0.3) is 0 Å². The first-order valence-electron chi connectivity index (χ1n) is 9.15. The third kappa shape index (κ3) is 7.28. The van der Waals surface area contributed by atoms with Crippen molar-refractivity contribution in [3.8, 4) is 5.75 Å². The molecule has 0 bridgehead atoms. The summed E-state index contributed by atoms with van der Waals surface area (Å²) in [5.74, 6) is 0.904. The van der Waals surface area contributed by atoms with Gasteiger partial charge in [-0.15, -0.1) is 0 Å². The summed E-state index contributed by atoms with van der Waals surface area (Å²) >= 11 is 0. The quantitative estimate of drug-likeness (QED) is 0.576. The second-order valence-electron chi connectivity index (χ2n) is 8.05. The average Bonchev–Trinajstić information content (AvgIpc) is 2.53. The van der Waals surface area contributed by atoms with Crippen molar-refractivity contribution in [2.45, 2.75) is 79.1 Å². The Morgan fingerprint density at radius 2 is 1.62 bits per heavy atom. The van der Waals surface area contributed by atoms with E-state index in [-0.39, 0.29) is 18.3 Å². The van der Waals surface area contributed by atoms with Gasteiger partial charge in [-0.05, 0) is 41.7 Å². The smallest absolute Gasteiger partial charge is 0.208 e. The zero-order valence-corrected chi connectivity index (χ0v) is 17.7. The predicted molar refractivity (Wildman–Crippen MR) is 113 cm³/mol. The molecule has 0 aliphatic heterocycles. The number of hydrogen-bond acceptors (Lipinski definition) is 3. The molecule has 0 aliphatic rings. The van der Waals surface area contributed by atoms with Crippen LogP contribution in [-0.4, -0.2) is 27.8 Å². The van der Waals surface area contributed by atoms with Crippen LogP contribution in [0.25, 0.3) is 0 Å². The van der Waals surface area contributed by atoms with E-state index in [2.05, 4.69) is 64.5 Å². The number of rotatable bonds is 10. The Labute approximate surface area is 161 Å². The summed E-state index contributed by atoms with van der Waals surface area (Å²) in [6, 6.07) is 6.52. The SMILES string of the molecule is C.CCC(C)(C)c1ccc(OCCCNS(C)(=O)=O)c(C(C)(C)CC)c1. The summed E-state index contributed by atoms with van der Waals surface area (Å²) in [7, 11) is -3.14. The van der Waals surface area contributed by atoms with Crippen molar-refractivity contribution in [3.05, 3.63) is 29.3 Å². The van der Waals surface area contributed by atoms with Gasteiger partial charge >= 0.3 is 0 Å². The molecule has 5 heteroatoms. The Balaban J connectivity index is 0.00000625. The van der Waals surface area contributed by atoms with Gasteiger partial charge in [0.1, 0.15) is 5.75 Å². The van der Waals surface area contributed by atoms with Crippen LogP contribution in [-0.2, 0) is 20.9 Å². The van der Waals surface area contributed by atoms with E-state index >= 15 is 0 Å². The molecule has 1 rings (SSSR count). The number of ether oxygens (including phenoxy) is 1. The van der Waals surface area contributed by atoms with Crippen LogP contribution in [0.1, 0.15) is 79.4 Å². The topological polar surface area (TPSA) is 55.4 Å². The molecule has 0 spiro atoms. The van der Waals surface area contributed by atoms with Crippen molar-refractivity contribution >= 4 is 10.0 Å². The van der Waals surface area contributed by atoms with Crippen LogP contribution in [0.15, 0.2) is 18.2 Å². The lowest BCUT2D eigenvalue weighted by Gasteiger charge is -2.30. The monoisotopic (exact) mass is 385 g/mol. The first kappa shape index (κ1) is 24.9. The van der Waals surface area contributed by atoms with Gasteiger partial charge in [-0.1, -0.05) is 61.1 Å². The lowest BCUT2D eigenvalue weighted by atomic mass is 9.76. The second-order valence-corrected chi connectivity index (χ2v) is 9.89. The molecule has 152 valence electrons. The van der Waals surface area contributed by atoms with Crippen LogP contribution >= 0.6 is 0 Å². The maximum Gasteiger partial charge on any atom is 0.208 e. The highest BCUT2D eigenvalue weighted by atomic mass is 32.2. The molecule has 1 aromatic carbocycles. The summed E-state index contributed by atoms with van der Waals surface area (Å²) in [4.78, 5) is 0. The van der Waals surface area contributed by atoms with Crippen molar-refractivity contribution in [1.82, 2.24) is 4.72 Å². The first-order chi connectivity index (χ1) is 11.4. The van der Waals surface area contributed by atoms with Gasteiger partial charge in [-0.25, -0.2) is 13.1 Å². The highest BCUT2D eigenvalue weighted by Crippen LogP contribution is 2.38. The molecule has 0 saturated carbocycles. The van der Waals surface area contributed by atoms with Gasteiger partial charge in [0.05, 0.1) is 12.9 Å². The van der Waals surface area contributed by atoms with E-state index in [1.165, 1.54) is 17.4 Å². The summed E-state index contributed by atoms with van der Waals surface area (Å²) in [6.07, 6.45) is 3.91. The van der Waals surface area contributed by atoms with Gasteiger partial charge in [0.15, 0.2) is 0 Å². The maximum absolute atomic E-state index is 11.1. The Morgan fingerprint density at radius 1 is 1.04 bits per heavy atom. The zero-order chi connectivity index (χ0) is 19.3. The Hall–Kier alpha value is -1.07. The largest absolute Gasteiger partial charge is 0.493 e. The third-order valence-corrected chi connectivity index (χ3v) is 5.93. The van der Waals surface area contributed by atoms with Crippen LogP contribution in [0.2, 0.25) is 0 Å². The summed E-state index contributed by atoms with van der Waals surface area (Å²) in [6.45, 7) is 14.3. The Kier molecular flexibility index (Phi) is 9.35. The minimum absolute atomic E-state index is 0. The van der Waals surface area contributed by atoms with Crippen molar-refractivity contribution in [2.24, 2.45) is 0 Å². The van der Waals surface area contributed by atoms with E-state index in [0.717, 1.165) is 18.6 Å². The average molecular weight is 386 g/mol.